The summed E-state index contributed by atoms with van der Waals surface area (Å²) < 4.78 is 54.8. The molecule has 43 heavy (non-hydrogen) atoms. The Balaban J connectivity index is 1.42. The molecule has 0 saturated carbocycles. The normalized spacial score (nSPS) is 17.1. The molecule has 228 valence electrons. The zero-order valence-corrected chi connectivity index (χ0v) is 25.1. The summed E-state index contributed by atoms with van der Waals surface area (Å²) in [5.74, 6) is 0.932. The van der Waals surface area contributed by atoms with Crippen molar-refractivity contribution >= 4 is 21.9 Å². The Morgan fingerprint density at radius 1 is 0.860 bits per heavy atom. The van der Waals surface area contributed by atoms with Crippen LogP contribution >= 0.6 is 0 Å². The number of fused-ring (bicyclic) bond motifs is 1. The third-order valence-corrected chi connectivity index (χ3v) is 9.57. The lowest BCUT2D eigenvalue weighted by Gasteiger charge is -2.37. The number of amides is 1. The van der Waals surface area contributed by atoms with E-state index in [1.165, 1.54) is 23.5 Å². The number of morpholine rings is 1. The van der Waals surface area contributed by atoms with Crippen molar-refractivity contribution < 1.29 is 41.7 Å². The minimum Gasteiger partial charge on any atom is -0.493 e. The maximum absolute atomic E-state index is 13.9. The number of methoxy groups -OCH3 is 3. The fourth-order valence-corrected chi connectivity index (χ4v) is 6.71. The highest BCUT2D eigenvalue weighted by Gasteiger charge is 2.34. The Kier molecular flexibility index (Phi) is 9.19. The molecule has 3 aromatic carbocycles. The van der Waals surface area contributed by atoms with Crippen molar-refractivity contribution in [1.29, 1.82) is 0 Å². The monoisotopic (exact) mass is 610 g/mol. The van der Waals surface area contributed by atoms with Crippen LogP contribution in [0.1, 0.15) is 37.9 Å². The highest BCUT2D eigenvalue weighted by atomic mass is 32.2. The summed E-state index contributed by atoms with van der Waals surface area (Å²) >= 11 is 0. The molecule has 1 amide bonds. The number of hydrogen-bond donors (Lipinski definition) is 0. The summed E-state index contributed by atoms with van der Waals surface area (Å²) in [5, 5.41) is 0. The smallest absolute Gasteiger partial charge is 0.337 e. The first-order chi connectivity index (χ1) is 20.8. The zero-order valence-electron chi connectivity index (χ0n) is 24.3. The van der Waals surface area contributed by atoms with Crippen molar-refractivity contribution in [2.75, 3.05) is 60.8 Å². The lowest BCUT2D eigenvalue weighted by atomic mass is 9.91. The average molecular weight is 611 g/mol. The Labute approximate surface area is 250 Å². The molecule has 1 fully saturated rings. The second-order valence-corrected chi connectivity index (χ2v) is 12.0. The largest absolute Gasteiger partial charge is 0.493 e. The summed E-state index contributed by atoms with van der Waals surface area (Å²) in [5.41, 5.74) is 2.61. The van der Waals surface area contributed by atoms with Crippen LogP contribution in [0.25, 0.3) is 0 Å². The van der Waals surface area contributed by atoms with Crippen molar-refractivity contribution in [1.82, 2.24) is 9.21 Å². The number of sulfonamides is 1. The number of carbonyl (C=O) groups excluding carboxylic acids is 2. The van der Waals surface area contributed by atoms with E-state index in [1.807, 2.05) is 12.1 Å². The Morgan fingerprint density at radius 2 is 1.49 bits per heavy atom. The van der Waals surface area contributed by atoms with Gasteiger partial charge in [0.25, 0.3) is 5.91 Å². The topological polar surface area (TPSA) is 121 Å². The van der Waals surface area contributed by atoms with Crippen LogP contribution in [-0.2, 0) is 25.9 Å². The Hall–Kier alpha value is -4.13. The van der Waals surface area contributed by atoms with Gasteiger partial charge in [0, 0.05) is 25.2 Å². The molecular formula is C31H34N2O9S. The molecule has 11 nitrogen and oxygen atoms in total. The maximum atomic E-state index is 13.9. The first-order valence-corrected chi connectivity index (χ1v) is 15.3. The molecule has 2 aliphatic heterocycles. The van der Waals surface area contributed by atoms with Gasteiger partial charge in [-0.3, -0.25) is 4.79 Å². The lowest BCUT2D eigenvalue weighted by Crippen LogP contribution is -2.42. The van der Waals surface area contributed by atoms with Crippen LogP contribution in [0.15, 0.2) is 65.6 Å². The van der Waals surface area contributed by atoms with Crippen LogP contribution in [0.5, 0.6) is 17.2 Å². The molecule has 3 aromatic rings. The third kappa shape index (κ3) is 6.31. The van der Waals surface area contributed by atoms with Crippen molar-refractivity contribution in [3.63, 3.8) is 0 Å². The van der Waals surface area contributed by atoms with Gasteiger partial charge in [-0.1, -0.05) is 0 Å². The van der Waals surface area contributed by atoms with E-state index in [2.05, 4.69) is 0 Å². The quantitative estimate of drug-likeness (QED) is 0.336. The molecule has 0 spiro atoms. The molecule has 0 unspecified atom stereocenters. The van der Waals surface area contributed by atoms with Gasteiger partial charge in [-0.2, -0.15) is 4.31 Å². The van der Waals surface area contributed by atoms with E-state index in [4.69, 9.17) is 23.7 Å². The van der Waals surface area contributed by atoms with Crippen LogP contribution in [0, 0.1) is 0 Å². The molecule has 1 atom stereocenters. The fraction of sp³-hybridized carbons (Fsp3) is 0.355. The van der Waals surface area contributed by atoms with Crippen molar-refractivity contribution in [3.8, 4) is 17.2 Å². The number of carbonyl (C=O) groups is 2. The second kappa shape index (κ2) is 13.0. The van der Waals surface area contributed by atoms with Gasteiger partial charge in [0.2, 0.25) is 10.0 Å². The van der Waals surface area contributed by atoms with E-state index < -0.39 is 22.0 Å². The van der Waals surface area contributed by atoms with E-state index in [9.17, 15) is 18.0 Å². The standard InChI is InChI=1S/C31H34N2O9S/c1-38-28-18-23-12-13-33(30(34)21-6-10-25(11-7-21)43(36,37)32-14-16-41-17-15-32)27(26(23)19-29(28)39-2)20-42-24-8-4-22(5-9-24)31(35)40-3/h4-11,18-19,27H,12-17,20H2,1-3H3/t27-/m0/s1. The van der Waals surface area contributed by atoms with E-state index in [0.717, 1.165) is 11.1 Å². The van der Waals surface area contributed by atoms with Crippen molar-refractivity contribution in [3.05, 3.63) is 82.9 Å². The predicted octanol–water partition coefficient (Wildman–Crippen LogP) is 3.33. The van der Waals surface area contributed by atoms with E-state index in [0.29, 0.717) is 54.6 Å². The third-order valence-electron chi connectivity index (χ3n) is 7.66. The SMILES string of the molecule is COC(=O)c1ccc(OC[C@H]2c3cc(OC)c(OC)cc3CCN2C(=O)c2ccc(S(=O)(=O)N3CCOCC3)cc2)cc1. The number of nitrogens with zero attached hydrogens (tertiary/aromatic N) is 2. The predicted molar refractivity (Wildman–Crippen MR) is 156 cm³/mol. The number of benzene rings is 3. The van der Waals surface area contributed by atoms with E-state index in [-0.39, 0.29) is 30.5 Å². The summed E-state index contributed by atoms with van der Waals surface area (Å²) in [6.45, 7) is 1.80. The lowest BCUT2D eigenvalue weighted by molar-refractivity contribution is 0.0582. The first kappa shape index (κ1) is 30.3. The number of rotatable bonds is 9. The minimum atomic E-state index is -3.69. The van der Waals surface area contributed by atoms with Crippen molar-refractivity contribution in [2.24, 2.45) is 0 Å². The van der Waals surface area contributed by atoms with Gasteiger partial charge in [-0.25, -0.2) is 13.2 Å². The van der Waals surface area contributed by atoms with Gasteiger partial charge in [0.15, 0.2) is 11.5 Å². The van der Waals surface area contributed by atoms with Crippen LogP contribution in [0.2, 0.25) is 0 Å². The maximum Gasteiger partial charge on any atom is 0.337 e. The number of esters is 1. The van der Waals surface area contributed by atoms with Crippen LogP contribution in [0.3, 0.4) is 0 Å². The van der Waals surface area contributed by atoms with Gasteiger partial charge in [0.05, 0.1) is 51.0 Å². The van der Waals surface area contributed by atoms with Crippen LogP contribution in [0.4, 0.5) is 0 Å². The van der Waals surface area contributed by atoms with Crippen LogP contribution in [-0.4, -0.2) is 90.3 Å². The van der Waals surface area contributed by atoms with E-state index >= 15 is 0 Å². The van der Waals surface area contributed by atoms with Gasteiger partial charge < -0.3 is 28.6 Å². The molecule has 0 aliphatic carbocycles. The van der Waals surface area contributed by atoms with Gasteiger partial charge >= 0.3 is 5.97 Å². The average Bonchev–Trinajstić information content (AvgIpc) is 3.06. The highest BCUT2D eigenvalue weighted by molar-refractivity contribution is 7.89. The molecule has 2 heterocycles. The summed E-state index contributed by atoms with van der Waals surface area (Å²) in [7, 11) is 0.754. The van der Waals surface area contributed by atoms with E-state index in [1.54, 1.807) is 55.5 Å². The summed E-state index contributed by atoms with van der Waals surface area (Å²) in [4.78, 5) is 27.6. The molecule has 12 heteroatoms. The minimum absolute atomic E-state index is 0.120. The van der Waals surface area contributed by atoms with Crippen LogP contribution < -0.4 is 14.2 Å². The Morgan fingerprint density at radius 3 is 2.12 bits per heavy atom. The molecule has 2 aliphatic rings. The number of hydrogen-bond acceptors (Lipinski definition) is 9. The summed E-state index contributed by atoms with van der Waals surface area (Å²) in [6.07, 6.45) is 0.579. The first-order valence-electron chi connectivity index (χ1n) is 13.8. The molecular weight excluding hydrogens is 576 g/mol. The molecule has 0 aromatic heterocycles. The Bertz CT molecular complexity index is 1570. The van der Waals surface area contributed by atoms with Gasteiger partial charge in [-0.15, -0.1) is 0 Å². The molecule has 0 radical (unpaired) electrons. The molecule has 0 N–H and O–H groups in total. The van der Waals surface area contributed by atoms with Gasteiger partial charge in [0.1, 0.15) is 12.4 Å². The fourth-order valence-electron chi connectivity index (χ4n) is 5.30. The highest BCUT2D eigenvalue weighted by Crippen LogP contribution is 2.39. The summed E-state index contributed by atoms with van der Waals surface area (Å²) in [6, 6.07) is 15.9. The molecule has 1 saturated heterocycles. The molecule has 5 rings (SSSR count). The van der Waals surface area contributed by atoms with Gasteiger partial charge in [-0.05, 0) is 78.2 Å². The second-order valence-electron chi connectivity index (χ2n) is 10.0. The zero-order chi connectivity index (χ0) is 30.6. The molecule has 0 bridgehead atoms. The number of ether oxygens (including phenoxy) is 5. The van der Waals surface area contributed by atoms with Crippen molar-refractivity contribution in [2.45, 2.75) is 17.4 Å².